The minimum atomic E-state index is -4.60. The molecule has 68 valence electrons. The van der Waals surface area contributed by atoms with Crippen molar-refractivity contribution in [2.24, 2.45) is 0 Å². The van der Waals surface area contributed by atoms with Crippen LogP contribution in [0.2, 0.25) is 0 Å². The van der Waals surface area contributed by atoms with Gasteiger partial charge in [-0.25, -0.2) is 4.39 Å². The fourth-order valence-electron chi connectivity index (χ4n) is 0.953. The van der Waals surface area contributed by atoms with Gasteiger partial charge in [-0.2, -0.15) is 13.2 Å². The van der Waals surface area contributed by atoms with Gasteiger partial charge in [0, 0.05) is 0 Å². The van der Waals surface area contributed by atoms with Crippen molar-refractivity contribution in [2.75, 3.05) is 0 Å². The van der Waals surface area contributed by atoms with Gasteiger partial charge < -0.3 is 0 Å². The number of allylic oxidation sites excluding steroid dienone is 4. The second-order valence-electron chi connectivity index (χ2n) is 2.38. The van der Waals surface area contributed by atoms with E-state index in [4.69, 9.17) is 11.6 Å². The molecule has 1 rings (SSSR count). The van der Waals surface area contributed by atoms with Gasteiger partial charge in [-0.1, -0.05) is 17.7 Å². The van der Waals surface area contributed by atoms with Crippen LogP contribution in [0.3, 0.4) is 0 Å². The van der Waals surface area contributed by atoms with Crippen LogP contribution in [-0.4, -0.2) is 6.18 Å². The second-order valence-corrected chi connectivity index (χ2v) is 2.79. The molecule has 0 amide bonds. The molecule has 0 aliphatic heterocycles. The van der Waals surface area contributed by atoms with Crippen LogP contribution in [0.1, 0.15) is 12.8 Å². The van der Waals surface area contributed by atoms with E-state index in [1.807, 2.05) is 0 Å². The van der Waals surface area contributed by atoms with E-state index in [1.54, 1.807) is 0 Å². The van der Waals surface area contributed by atoms with Crippen molar-refractivity contribution < 1.29 is 17.6 Å². The average Bonchev–Trinajstić information content (AvgIpc) is 1.92. The van der Waals surface area contributed by atoms with E-state index in [1.165, 1.54) is 6.08 Å². The number of alkyl halides is 3. The zero-order valence-corrected chi connectivity index (χ0v) is 6.64. The predicted molar refractivity (Wildman–Crippen MR) is 37.4 cm³/mol. The van der Waals surface area contributed by atoms with Crippen LogP contribution in [0.4, 0.5) is 17.6 Å². The maximum absolute atomic E-state index is 12.7. The SMILES string of the molecule is FC1=C(C(F)(F)F)CCC=C1Cl. The maximum atomic E-state index is 12.7. The molecule has 0 saturated carbocycles. The van der Waals surface area contributed by atoms with E-state index in [0.29, 0.717) is 0 Å². The Morgan fingerprint density at radius 3 is 2.33 bits per heavy atom. The molecule has 0 aromatic heterocycles. The number of rotatable bonds is 0. The highest BCUT2D eigenvalue weighted by molar-refractivity contribution is 6.31. The second kappa shape index (κ2) is 3.09. The minimum Gasteiger partial charge on any atom is -0.205 e. The first-order chi connectivity index (χ1) is 5.43. The quantitative estimate of drug-likeness (QED) is 0.523. The third-order valence-corrected chi connectivity index (χ3v) is 1.85. The highest BCUT2D eigenvalue weighted by Gasteiger charge is 2.38. The van der Waals surface area contributed by atoms with Crippen molar-refractivity contribution in [3.63, 3.8) is 0 Å². The fraction of sp³-hybridized carbons (Fsp3) is 0.429. The third kappa shape index (κ3) is 1.80. The van der Waals surface area contributed by atoms with Crippen molar-refractivity contribution >= 4 is 11.6 Å². The lowest BCUT2D eigenvalue weighted by molar-refractivity contribution is -0.0958. The van der Waals surface area contributed by atoms with Gasteiger partial charge in [0.05, 0.1) is 10.6 Å². The van der Waals surface area contributed by atoms with Crippen molar-refractivity contribution in [2.45, 2.75) is 19.0 Å². The summed E-state index contributed by atoms with van der Waals surface area (Å²) in [7, 11) is 0. The first-order valence-electron chi connectivity index (χ1n) is 3.25. The molecule has 1 aliphatic rings. The number of halogens is 5. The first kappa shape index (κ1) is 9.58. The summed E-state index contributed by atoms with van der Waals surface area (Å²) in [6.07, 6.45) is -3.54. The van der Waals surface area contributed by atoms with Gasteiger partial charge in [0.25, 0.3) is 0 Å². The lowest BCUT2D eigenvalue weighted by atomic mass is 10.0. The molecule has 12 heavy (non-hydrogen) atoms. The zero-order chi connectivity index (χ0) is 9.35. The summed E-state index contributed by atoms with van der Waals surface area (Å²) >= 11 is 5.20. The number of hydrogen-bond donors (Lipinski definition) is 0. The predicted octanol–water partition coefficient (Wildman–Crippen LogP) is 3.69. The summed E-state index contributed by atoms with van der Waals surface area (Å²) in [5, 5.41) is -0.437. The van der Waals surface area contributed by atoms with Crippen LogP contribution >= 0.6 is 11.6 Å². The van der Waals surface area contributed by atoms with Gasteiger partial charge in [0.1, 0.15) is 5.83 Å². The van der Waals surface area contributed by atoms with E-state index < -0.39 is 22.6 Å². The lowest BCUT2D eigenvalue weighted by Gasteiger charge is -2.15. The van der Waals surface area contributed by atoms with Gasteiger partial charge in [-0.15, -0.1) is 0 Å². The Hall–Kier alpha value is -0.510. The summed E-state index contributed by atoms with van der Waals surface area (Å²) in [6, 6.07) is 0. The normalized spacial score (nSPS) is 19.6. The average molecular weight is 201 g/mol. The molecule has 0 N–H and O–H groups in total. The molecule has 0 fully saturated rings. The number of hydrogen-bond acceptors (Lipinski definition) is 0. The Balaban J connectivity index is 3.03. The summed E-state index contributed by atoms with van der Waals surface area (Å²) in [4.78, 5) is 0. The van der Waals surface area contributed by atoms with Crippen molar-refractivity contribution in [3.8, 4) is 0 Å². The van der Waals surface area contributed by atoms with Crippen LogP contribution < -0.4 is 0 Å². The third-order valence-electron chi connectivity index (χ3n) is 1.53. The minimum absolute atomic E-state index is 0.140. The van der Waals surface area contributed by atoms with Gasteiger partial charge in [-0.05, 0) is 12.8 Å². The highest BCUT2D eigenvalue weighted by Crippen LogP contribution is 2.38. The molecule has 0 heterocycles. The lowest BCUT2D eigenvalue weighted by Crippen LogP contribution is -2.15. The smallest absolute Gasteiger partial charge is 0.205 e. The van der Waals surface area contributed by atoms with E-state index in [9.17, 15) is 17.6 Å². The molecule has 0 saturated heterocycles. The molecule has 0 bridgehead atoms. The van der Waals surface area contributed by atoms with Crippen molar-refractivity contribution in [1.82, 2.24) is 0 Å². The standard InChI is InChI=1S/C7H5ClF4/c8-5-3-1-2-4(6(5)9)7(10,11)12/h3H,1-2H2. The van der Waals surface area contributed by atoms with E-state index >= 15 is 0 Å². The van der Waals surface area contributed by atoms with E-state index in [-0.39, 0.29) is 12.8 Å². The molecule has 0 aromatic rings. The summed E-state index contributed by atoms with van der Waals surface area (Å²) in [6.45, 7) is 0. The monoisotopic (exact) mass is 200 g/mol. The molecular formula is C7H5ClF4. The van der Waals surface area contributed by atoms with Crippen molar-refractivity contribution in [1.29, 1.82) is 0 Å². The Kier molecular flexibility index (Phi) is 2.46. The van der Waals surface area contributed by atoms with E-state index in [0.717, 1.165) is 0 Å². The summed E-state index contributed by atoms with van der Waals surface area (Å²) in [5.41, 5.74) is -1.16. The summed E-state index contributed by atoms with van der Waals surface area (Å²) < 4.78 is 48.6. The Bertz CT molecular complexity index is 249. The topological polar surface area (TPSA) is 0 Å². The first-order valence-corrected chi connectivity index (χ1v) is 3.62. The molecule has 0 nitrogen and oxygen atoms in total. The summed E-state index contributed by atoms with van der Waals surface area (Å²) in [5.74, 6) is -1.34. The van der Waals surface area contributed by atoms with Crippen LogP contribution in [0.5, 0.6) is 0 Å². The van der Waals surface area contributed by atoms with Gasteiger partial charge >= 0.3 is 6.18 Å². The molecule has 0 atom stereocenters. The van der Waals surface area contributed by atoms with Gasteiger partial charge in [0.2, 0.25) is 0 Å². The van der Waals surface area contributed by atoms with Crippen molar-refractivity contribution in [3.05, 3.63) is 22.5 Å². The molecular weight excluding hydrogens is 196 g/mol. The molecule has 5 heteroatoms. The van der Waals surface area contributed by atoms with E-state index in [2.05, 4.69) is 0 Å². The Morgan fingerprint density at radius 2 is 1.92 bits per heavy atom. The maximum Gasteiger partial charge on any atom is 0.415 e. The molecule has 0 unspecified atom stereocenters. The molecule has 0 spiro atoms. The Morgan fingerprint density at radius 1 is 1.33 bits per heavy atom. The van der Waals surface area contributed by atoms with Gasteiger partial charge in [-0.3, -0.25) is 0 Å². The van der Waals surface area contributed by atoms with Crippen LogP contribution in [0, 0.1) is 0 Å². The van der Waals surface area contributed by atoms with Crippen LogP contribution in [0.25, 0.3) is 0 Å². The van der Waals surface area contributed by atoms with Gasteiger partial charge in [0.15, 0.2) is 0 Å². The fourth-order valence-corrected chi connectivity index (χ4v) is 1.18. The molecule has 0 radical (unpaired) electrons. The largest absolute Gasteiger partial charge is 0.415 e. The Labute approximate surface area is 71.5 Å². The molecule has 0 aromatic carbocycles. The highest BCUT2D eigenvalue weighted by atomic mass is 35.5. The molecule has 1 aliphatic carbocycles. The van der Waals surface area contributed by atoms with Crippen LogP contribution in [-0.2, 0) is 0 Å². The van der Waals surface area contributed by atoms with Crippen LogP contribution in [0.15, 0.2) is 22.5 Å². The zero-order valence-electron chi connectivity index (χ0n) is 5.88.